The summed E-state index contributed by atoms with van der Waals surface area (Å²) in [6, 6.07) is 8.67. The van der Waals surface area contributed by atoms with E-state index in [1.165, 1.54) is 36.5 Å². The van der Waals surface area contributed by atoms with E-state index in [2.05, 4.69) is 15.2 Å². The van der Waals surface area contributed by atoms with Crippen molar-refractivity contribution in [2.24, 2.45) is 0 Å². The largest absolute Gasteiger partial charge is 0.449 e. The maximum atomic E-state index is 12.9. The molecule has 1 aromatic carbocycles. The van der Waals surface area contributed by atoms with Gasteiger partial charge in [0.15, 0.2) is 6.10 Å². The zero-order chi connectivity index (χ0) is 17.1. The zero-order valence-corrected chi connectivity index (χ0v) is 13.2. The highest BCUT2D eigenvalue weighted by Gasteiger charge is 2.21. The number of carbonyl (C=O) groups excluding carboxylic acids is 1. The number of halogens is 2. The number of ether oxygens (including phenoxy) is 1. The molecule has 2 aromatic heterocycles. The van der Waals surface area contributed by atoms with Crippen LogP contribution in [0.5, 0.6) is 0 Å². The fourth-order valence-electron chi connectivity index (χ4n) is 1.92. The minimum atomic E-state index is -0.782. The number of nitrogens with zero attached hydrogens (tertiary/aromatic N) is 3. The van der Waals surface area contributed by atoms with Crippen molar-refractivity contribution < 1.29 is 18.3 Å². The second-order valence-electron chi connectivity index (χ2n) is 4.84. The second-order valence-corrected chi connectivity index (χ2v) is 5.20. The molecule has 0 N–H and O–H groups in total. The van der Waals surface area contributed by atoms with Gasteiger partial charge in [-0.05, 0) is 43.3 Å². The number of benzene rings is 1. The van der Waals surface area contributed by atoms with Gasteiger partial charge < -0.3 is 9.15 Å². The van der Waals surface area contributed by atoms with Crippen LogP contribution in [0.3, 0.4) is 0 Å². The molecule has 1 atom stereocenters. The molecule has 0 fully saturated rings. The van der Waals surface area contributed by atoms with Crippen LogP contribution in [-0.2, 0) is 4.74 Å². The van der Waals surface area contributed by atoms with E-state index in [9.17, 15) is 9.18 Å². The molecule has 0 aliphatic heterocycles. The third kappa shape index (κ3) is 3.41. The summed E-state index contributed by atoms with van der Waals surface area (Å²) < 4.78 is 23.7. The highest BCUT2D eigenvalue weighted by atomic mass is 35.5. The van der Waals surface area contributed by atoms with E-state index < -0.39 is 12.1 Å². The molecular weight excluding hydrogens is 337 g/mol. The molecular formula is C16H11ClFN3O3. The second kappa shape index (κ2) is 6.76. The van der Waals surface area contributed by atoms with Gasteiger partial charge in [0.25, 0.3) is 5.89 Å². The summed E-state index contributed by atoms with van der Waals surface area (Å²) in [6.45, 7) is 1.59. The molecule has 0 aliphatic rings. The lowest BCUT2D eigenvalue weighted by molar-refractivity contribution is 0.0279. The average molecular weight is 348 g/mol. The quantitative estimate of drug-likeness (QED) is 0.527. The molecule has 0 aliphatic carbocycles. The molecule has 24 heavy (non-hydrogen) atoms. The molecule has 3 aromatic rings. The number of hydrogen-bond donors (Lipinski definition) is 0. The first-order valence-corrected chi connectivity index (χ1v) is 7.33. The van der Waals surface area contributed by atoms with E-state index in [4.69, 9.17) is 20.8 Å². The van der Waals surface area contributed by atoms with Crippen LogP contribution < -0.4 is 0 Å². The molecule has 0 spiro atoms. The number of hydrogen-bond acceptors (Lipinski definition) is 6. The third-order valence-corrected chi connectivity index (χ3v) is 3.44. The molecule has 0 saturated heterocycles. The molecule has 3 rings (SSSR count). The van der Waals surface area contributed by atoms with Crippen LogP contribution in [0.2, 0.25) is 5.15 Å². The fourth-order valence-corrected chi connectivity index (χ4v) is 2.12. The Bertz CT molecular complexity index is 867. The monoisotopic (exact) mass is 347 g/mol. The lowest BCUT2D eigenvalue weighted by atomic mass is 10.2. The highest BCUT2D eigenvalue weighted by Crippen LogP contribution is 2.24. The summed E-state index contributed by atoms with van der Waals surface area (Å²) in [7, 11) is 0. The SMILES string of the molecule is C[C@H](OC(=O)c1cccnc1Cl)c1nnc(-c2ccc(F)cc2)o1. The fraction of sp³-hybridized carbons (Fsp3) is 0.125. The lowest BCUT2D eigenvalue weighted by Crippen LogP contribution is -2.10. The van der Waals surface area contributed by atoms with Crippen molar-refractivity contribution in [2.75, 3.05) is 0 Å². The Morgan fingerprint density at radius 3 is 2.71 bits per heavy atom. The van der Waals surface area contributed by atoms with E-state index in [-0.39, 0.29) is 28.3 Å². The topological polar surface area (TPSA) is 78.1 Å². The van der Waals surface area contributed by atoms with Gasteiger partial charge in [0.1, 0.15) is 11.0 Å². The Balaban J connectivity index is 1.74. The Hall–Kier alpha value is -2.80. The Labute approximate surface area is 141 Å². The zero-order valence-electron chi connectivity index (χ0n) is 12.4. The molecule has 0 amide bonds. The van der Waals surface area contributed by atoms with Crippen molar-refractivity contribution in [1.82, 2.24) is 15.2 Å². The first-order chi connectivity index (χ1) is 11.5. The maximum absolute atomic E-state index is 12.9. The molecule has 0 radical (unpaired) electrons. The van der Waals surface area contributed by atoms with Gasteiger partial charge in [0, 0.05) is 11.8 Å². The standard InChI is InChI=1S/C16H11ClFN3O3/c1-9(23-16(22)12-3-2-8-19-13(12)17)14-20-21-15(24-14)10-4-6-11(18)7-5-10/h2-9H,1H3/t9-/m0/s1. The van der Waals surface area contributed by atoms with Gasteiger partial charge in [0.05, 0.1) is 5.56 Å². The summed E-state index contributed by atoms with van der Waals surface area (Å²) in [6.07, 6.45) is 0.686. The Kier molecular flexibility index (Phi) is 4.52. The van der Waals surface area contributed by atoms with Crippen LogP contribution in [0.15, 0.2) is 47.0 Å². The Morgan fingerprint density at radius 1 is 1.25 bits per heavy atom. The number of rotatable bonds is 4. The first kappa shape index (κ1) is 16.1. The number of carbonyl (C=O) groups is 1. The van der Waals surface area contributed by atoms with Gasteiger partial charge >= 0.3 is 5.97 Å². The van der Waals surface area contributed by atoms with Crippen LogP contribution in [-0.4, -0.2) is 21.2 Å². The van der Waals surface area contributed by atoms with Crippen molar-refractivity contribution in [1.29, 1.82) is 0 Å². The van der Waals surface area contributed by atoms with Crippen molar-refractivity contribution in [3.05, 3.63) is 65.0 Å². The minimum Gasteiger partial charge on any atom is -0.449 e. The lowest BCUT2D eigenvalue weighted by Gasteiger charge is -2.09. The van der Waals surface area contributed by atoms with Gasteiger partial charge in [-0.15, -0.1) is 10.2 Å². The van der Waals surface area contributed by atoms with Gasteiger partial charge in [-0.1, -0.05) is 11.6 Å². The van der Waals surface area contributed by atoms with Crippen LogP contribution in [0.1, 0.15) is 29.3 Å². The number of esters is 1. The van der Waals surface area contributed by atoms with Gasteiger partial charge in [0.2, 0.25) is 5.89 Å². The molecule has 2 heterocycles. The van der Waals surface area contributed by atoms with E-state index in [0.29, 0.717) is 5.56 Å². The van der Waals surface area contributed by atoms with Crippen molar-refractivity contribution >= 4 is 17.6 Å². The van der Waals surface area contributed by atoms with Crippen LogP contribution in [0.25, 0.3) is 11.5 Å². The highest BCUT2D eigenvalue weighted by molar-refractivity contribution is 6.32. The molecule has 8 heteroatoms. The first-order valence-electron chi connectivity index (χ1n) is 6.95. The van der Waals surface area contributed by atoms with Gasteiger partial charge in [-0.25, -0.2) is 14.2 Å². The third-order valence-electron chi connectivity index (χ3n) is 3.14. The van der Waals surface area contributed by atoms with Crippen LogP contribution in [0.4, 0.5) is 4.39 Å². The normalized spacial score (nSPS) is 12.0. The number of aromatic nitrogens is 3. The van der Waals surface area contributed by atoms with Crippen LogP contribution in [0, 0.1) is 5.82 Å². The van der Waals surface area contributed by atoms with Gasteiger partial charge in [-0.3, -0.25) is 0 Å². The van der Waals surface area contributed by atoms with Gasteiger partial charge in [-0.2, -0.15) is 0 Å². The molecule has 0 saturated carbocycles. The van der Waals surface area contributed by atoms with E-state index >= 15 is 0 Å². The van der Waals surface area contributed by atoms with E-state index in [0.717, 1.165) is 0 Å². The molecule has 0 bridgehead atoms. The maximum Gasteiger partial charge on any atom is 0.342 e. The van der Waals surface area contributed by atoms with Crippen molar-refractivity contribution in [3.63, 3.8) is 0 Å². The smallest absolute Gasteiger partial charge is 0.342 e. The van der Waals surface area contributed by atoms with E-state index in [1.54, 1.807) is 13.0 Å². The van der Waals surface area contributed by atoms with Crippen molar-refractivity contribution in [3.8, 4) is 11.5 Å². The van der Waals surface area contributed by atoms with Crippen molar-refractivity contribution in [2.45, 2.75) is 13.0 Å². The summed E-state index contributed by atoms with van der Waals surface area (Å²) in [4.78, 5) is 15.9. The summed E-state index contributed by atoms with van der Waals surface area (Å²) >= 11 is 5.85. The Morgan fingerprint density at radius 2 is 2.00 bits per heavy atom. The molecule has 122 valence electrons. The van der Waals surface area contributed by atoms with E-state index in [1.807, 2.05) is 0 Å². The average Bonchev–Trinajstić information content (AvgIpc) is 3.06. The van der Waals surface area contributed by atoms with Crippen LogP contribution >= 0.6 is 11.6 Å². The minimum absolute atomic E-state index is 0.0484. The summed E-state index contributed by atoms with van der Waals surface area (Å²) in [5.74, 6) is -0.703. The summed E-state index contributed by atoms with van der Waals surface area (Å²) in [5, 5.41) is 7.76. The molecule has 0 unspecified atom stereocenters. The predicted molar refractivity (Wildman–Crippen MR) is 82.8 cm³/mol. The molecule has 6 nitrogen and oxygen atoms in total. The summed E-state index contributed by atoms with van der Waals surface area (Å²) in [5.41, 5.74) is 0.702. The predicted octanol–water partition coefficient (Wildman–Crippen LogP) is 3.84. The number of pyridine rings is 1.